The molecule has 0 aromatic rings. The summed E-state index contributed by atoms with van der Waals surface area (Å²) in [6, 6.07) is 0.329. The monoisotopic (exact) mass is 276 g/mol. The van der Waals surface area contributed by atoms with Crippen LogP contribution in [0, 0.1) is 0 Å². The summed E-state index contributed by atoms with van der Waals surface area (Å²) >= 11 is 0. The van der Waals surface area contributed by atoms with Crippen LogP contribution in [0.4, 0.5) is 0 Å². The maximum atomic E-state index is 12.4. The Morgan fingerprint density at radius 3 is 2.00 bits per heavy atom. The van der Waals surface area contributed by atoms with Crippen LogP contribution >= 0.6 is 0 Å². The Bertz CT molecular complexity index is 320. The predicted molar refractivity (Wildman–Crippen MR) is 76.2 cm³/mol. The van der Waals surface area contributed by atoms with Gasteiger partial charge < -0.3 is 5.32 Å². The van der Waals surface area contributed by atoms with E-state index in [0.29, 0.717) is 25.7 Å². The van der Waals surface area contributed by atoms with E-state index in [1.165, 1.54) is 6.42 Å². The molecule has 4 nitrogen and oxygen atoms in total. The van der Waals surface area contributed by atoms with Crippen LogP contribution in [0.2, 0.25) is 0 Å². The highest BCUT2D eigenvalue weighted by Gasteiger charge is 2.28. The van der Waals surface area contributed by atoms with E-state index < -0.39 is 10.0 Å². The average molecular weight is 276 g/mol. The van der Waals surface area contributed by atoms with E-state index in [0.717, 1.165) is 25.7 Å². The van der Waals surface area contributed by atoms with Crippen molar-refractivity contribution in [2.45, 2.75) is 64.2 Å². The molecule has 0 bridgehead atoms. The lowest BCUT2D eigenvalue weighted by molar-refractivity contribution is 0.359. The molecule has 1 saturated heterocycles. The lowest BCUT2D eigenvalue weighted by Gasteiger charge is -2.27. The van der Waals surface area contributed by atoms with Crippen LogP contribution in [-0.2, 0) is 10.0 Å². The zero-order chi connectivity index (χ0) is 13.6. The molecule has 1 heterocycles. The third-order valence-electron chi connectivity index (χ3n) is 3.50. The minimum atomic E-state index is -3.13. The first-order valence-electron chi connectivity index (χ1n) is 7.17. The summed E-state index contributed by atoms with van der Waals surface area (Å²) in [4.78, 5) is 0. The van der Waals surface area contributed by atoms with Gasteiger partial charge in [-0.1, -0.05) is 33.1 Å². The molecule has 1 aliphatic heterocycles. The van der Waals surface area contributed by atoms with Crippen molar-refractivity contribution in [1.29, 1.82) is 0 Å². The third kappa shape index (κ3) is 4.86. The molecule has 0 spiro atoms. The first kappa shape index (κ1) is 15.9. The highest BCUT2D eigenvalue weighted by molar-refractivity contribution is 7.89. The van der Waals surface area contributed by atoms with Gasteiger partial charge in [-0.15, -0.1) is 0 Å². The third-order valence-corrected chi connectivity index (χ3v) is 5.77. The van der Waals surface area contributed by atoms with Crippen molar-refractivity contribution in [2.24, 2.45) is 0 Å². The standard InChI is InChI=1S/C13H28N2O2S/c1-12(2)14-11-13(3)18(16,17)15-9-7-5-4-6-8-10-15/h12-14H,4-11H2,1-3H3. The molecule has 5 heteroatoms. The first-order chi connectivity index (χ1) is 8.44. The topological polar surface area (TPSA) is 49.4 Å². The van der Waals surface area contributed by atoms with Crippen LogP contribution < -0.4 is 5.32 Å². The summed E-state index contributed by atoms with van der Waals surface area (Å²) in [6.07, 6.45) is 5.57. The molecule has 0 saturated carbocycles. The fourth-order valence-electron chi connectivity index (χ4n) is 2.23. The van der Waals surface area contributed by atoms with Gasteiger partial charge in [-0.3, -0.25) is 0 Å². The lowest BCUT2D eigenvalue weighted by atomic mass is 10.1. The van der Waals surface area contributed by atoms with Gasteiger partial charge in [0.25, 0.3) is 0 Å². The summed E-state index contributed by atoms with van der Waals surface area (Å²) in [5, 5.41) is 2.88. The van der Waals surface area contributed by atoms with Crippen LogP contribution in [-0.4, -0.2) is 43.6 Å². The van der Waals surface area contributed by atoms with Gasteiger partial charge in [0.1, 0.15) is 0 Å². The SMILES string of the molecule is CC(C)NCC(C)S(=O)(=O)N1CCCCCCC1. The fourth-order valence-corrected chi connectivity index (χ4v) is 3.82. The number of hydrogen-bond donors (Lipinski definition) is 1. The molecule has 1 atom stereocenters. The maximum Gasteiger partial charge on any atom is 0.217 e. The van der Waals surface area contributed by atoms with Crippen LogP contribution in [0.25, 0.3) is 0 Å². The molecule has 1 rings (SSSR count). The molecule has 1 unspecified atom stereocenters. The van der Waals surface area contributed by atoms with Crippen molar-refractivity contribution in [2.75, 3.05) is 19.6 Å². The molecule has 0 amide bonds. The number of nitrogens with one attached hydrogen (secondary N) is 1. The second kappa shape index (κ2) is 7.46. The van der Waals surface area contributed by atoms with Gasteiger partial charge >= 0.3 is 0 Å². The summed E-state index contributed by atoms with van der Waals surface area (Å²) in [5.41, 5.74) is 0. The lowest BCUT2D eigenvalue weighted by Crippen LogP contribution is -2.44. The Morgan fingerprint density at radius 2 is 1.50 bits per heavy atom. The Hall–Kier alpha value is -0.130. The maximum absolute atomic E-state index is 12.4. The Morgan fingerprint density at radius 1 is 1.00 bits per heavy atom. The quantitative estimate of drug-likeness (QED) is 0.835. The summed E-state index contributed by atoms with van der Waals surface area (Å²) in [7, 11) is -3.13. The normalized spacial score (nSPS) is 21.6. The molecule has 0 aliphatic carbocycles. The molecule has 18 heavy (non-hydrogen) atoms. The van der Waals surface area contributed by atoms with E-state index in [2.05, 4.69) is 5.32 Å². The molecule has 1 fully saturated rings. The zero-order valence-electron chi connectivity index (χ0n) is 12.0. The van der Waals surface area contributed by atoms with Crippen LogP contribution in [0.1, 0.15) is 52.9 Å². The van der Waals surface area contributed by atoms with Crippen LogP contribution in [0.5, 0.6) is 0 Å². The summed E-state index contributed by atoms with van der Waals surface area (Å²) < 4.78 is 26.6. The Balaban J connectivity index is 2.58. The van der Waals surface area contributed by atoms with E-state index in [1.54, 1.807) is 4.31 Å². The van der Waals surface area contributed by atoms with Gasteiger partial charge in [-0.25, -0.2) is 12.7 Å². The number of rotatable bonds is 5. The van der Waals surface area contributed by atoms with E-state index in [9.17, 15) is 8.42 Å². The second-order valence-corrected chi connectivity index (χ2v) is 7.94. The largest absolute Gasteiger partial charge is 0.313 e. The molecular formula is C13H28N2O2S. The molecule has 108 valence electrons. The second-order valence-electron chi connectivity index (χ2n) is 5.59. The highest BCUT2D eigenvalue weighted by atomic mass is 32.2. The van der Waals surface area contributed by atoms with Crippen molar-refractivity contribution in [3.8, 4) is 0 Å². The highest BCUT2D eigenvalue weighted by Crippen LogP contribution is 2.16. The van der Waals surface area contributed by atoms with Gasteiger partial charge in [-0.05, 0) is 19.8 Å². The number of nitrogens with zero attached hydrogens (tertiary/aromatic N) is 1. The van der Waals surface area contributed by atoms with Gasteiger partial charge in [0, 0.05) is 25.7 Å². The summed E-state index contributed by atoms with van der Waals surface area (Å²) in [6.45, 7) is 7.83. The van der Waals surface area contributed by atoms with Gasteiger partial charge in [0.2, 0.25) is 10.0 Å². The number of sulfonamides is 1. The first-order valence-corrected chi connectivity index (χ1v) is 8.67. The van der Waals surface area contributed by atoms with Crippen LogP contribution in [0.3, 0.4) is 0 Å². The molecule has 0 aromatic heterocycles. The average Bonchev–Trinajstić information content (AvgIpc) is 2.24. The van der Waals surface area contributed by atoms with Gasteiger partial charge in [0.15, 0.2) is 0 Å². The van der Waals surface area contributed by atoms with Crippen molar-refractivity contribution in [3.05, 3.63) is 0 Å². The van der Waals surface area contributed by atoms with Gasteiger partial charge in [0.05, 0.1) is 5.25 Å². The summed E-state index contributed by atoms with van der Waals surface area (Å²) in [5.74, 6) is 0. The van der Waals surface area contributed by atoms with Crippen molar-refractivity contribution < 1.29 is 8.42 Å². The van der Waals surface area contributed by atoms with Crippen molar-refractivity contribution in [1.82, 2.24) is 9.62 Å². The van der Waals surface area contributed by atoms with Crippen molar-refractivity contribution >= 4 is 10.0 Å². The van der Waals surface area contributed by atoms with E-state index >= 15 is 0 Å². The fraction of sp³-hybridized carbons (Fsp3) is 1.00. The smallest absolute Gasteiger partial charge is 0.217 e. The zero-order valence-corrected chi connectivity index (χ0v) is 12.8. The van der Waals surface area contributed by atoms with E-state index in [-0.39, 0.29) is 5.25 Å². The Kier molecular flexibility index (Phi) is 6.60. The molecule has 1 N–H and O–H groups in total. The van der Waals surface area contributed by atoms with E-state index in [4.69, 9.17) is 0 Å². The molecule has 0 radical (unpaired) electrons. The van der Waals surface area contributed by atoms with E-state index in [1.807, 2.05) is 20.8 Å². The minimum absolute atomic E-state index is 0.329. The van der Waals surface area contributed by atoms with Crippen LogP contribution in [0.15, 0.2) is 0 Å². The van der Waals surface area contributed by atoms with Gasteiger partial charge in [-0.2, -0.15) is 0 Å². The predicted octanol–water partition coefficient (Wildman–Crippen LogP) is 1.97. The molecule has 0 aromatic carbocycles. The molecular weight excluding hydrogens is 248 g/mol. The Labute approximate surface area is 112 Å². The molecule has 1 aliphatic rings. The minimum Gasteiger partial charge on any atom is -0.313 e. The number of hydrogen-bond acceptors (Lipinski definition) is 3. The van der Waals surface area contributed by atoms with Crippen molar-refractivity contribution in [3.63, 3.8) is 0 Å².